The van der Waals surface area contributed by atoms with Crippen LogP contribution in [0.25, 0.3) is 10.9 Å². The first-order valence-electron chi connectivity index (χ1n) is 10.4. The maximum Gasteiger partial charge on any atom is 0.339 e. The summed E-state index contributed by atoms with van der Waals surface area (Å²) < 4.78 is 15.5. The minimum absolute atomic E-state index is 0.00882. The molecule has 0 fully saturated rings. The summed E-state index contributed by atoms with van der Waals surface area (Å²) in [4.78, 5) is 38.3. The molecule has 1 aromatic carbocycles. The van der Waals surface area contributed by atoms with E-state index in [1.54, 1.807) is 0 Å². The van der Waals surface area contributed by atoms with Gasteiger partial charge in [-0.05, 0) is 37.3 Å². The Bertz CT molecular complexity index is 1140. The standard InChI is InChI=1S/C23H24N4O5/c1-30-19-12-20(31-2)27-23(26-19)25-18(28)13-32-22(29)21-14-8-4-3-5-10-16(14)24-17-11-7-6-9-15(17)21/h6-7,9,11-12H,3-5,8,10,13H2,1-2H3,(H,25,26,27,28). The van der Waals surface area contributed by atoms with Crippen molar-refractivity contribution in [1.82, 2.24) is 15.0 Å². The second-order valence-corrected chi connectivity index (χ2v) is 7.39. The number of aromatic nitrogens is 3. The van der Waals surface area contributed by atoms with Gasteiger partial charge in [0.05, 0.1) is 31.4 Å². The van der Waals surface area contributed by atoms with E-state index in [2.05, 4.69) is 15.3 Å². The summed E-state index contributed by atoms with van der Waals surface area (Å²) in [5.74, 6) is -0.658. The number of carbonyl (C=O) groups excluding carboxylic acids is 2. The molecule has 4 rings (SSSR count). The van der Waals surface area contributed by atoms with E-state index in [1.165, 1.54) is 20.3 Å². The minimum atomic E-state index is -0.571. The molecule has 166 valence electrons. The second kappa shape index (κ2) is 9.59. The van der Waals surface area contributed by atoms with Gasteiger partial charge >= 0.3 is 5.97 Å². The molecule has 0 bridgehead atoms. The molecule has 0 spiro atoms. The van der Waals surface area contributed by atoms with Crippen LogP contribution in [0.15, 0.2) is 30.3 Å². The lowest BCUT2D eigenvalue weighted by atomic mass is 9.97. The van der Waals surface area contributed by atoms with Crippen LogP contribution in [0.2, 0.25) is 0 Å². The van der Waals surface area contributed by atoms with Gasteiger partial charge in [-0.15, -0.1) is 0 Å². The minimum Gasteiger partial charge on any atom is -0.481 e. The Labute approximate surface area is 185 Å². The SMILES string of the molecule is COc1cc(OC)nc(NC(=O)COC(=O)c2c3c(nc4ccccc24)CCCCC3)n1. The molecule has 1 N–H and O–H groups in total. The highest BCUT2D eigenvalue weighted by Crippen LogP contribution is 2.29. The molecule has 1 aliphatic rings. The van der Waals surface area contributed by atoms with E-state index < -0.39 is 18.5 Å². The Morgan fingerprint density at radius 1 is 0.969 bits per heavy atom. The lowest BCUT2D eigenvalue weighted by molar-refractivity contribution is -0.119. The van der Waals surface area contributed by atoms with Crippen LogP contribution in [-0.2, 0) is 22.4 Å². The number of carbonyl (C=O) groups is 2. The summed E-state index contributed by atoms with van der Waals surface area (Å²) in [5.41, 5.74) is 3.11. The molecule has 0 saturated carbocycles. The highest BCUT2D eigenvalue weighted by molar-refractivity contribution is 6.06. The lowest BCUT2D eigenvalue weighted by Gasteiger charge is -2.15. The largest absolute Gasteiger partial charge is 0.481 e. The molecule has 0 unspecified atom stereocenters. The number of aryl methyl sites for hydroxylation is 1. The van der Waals surface area contributed by atoms with E-state index in [9.17, 15) is 9.59 Å². The number of hydrogen-bond donors (Lipinski definition) is 1. The monoisotopic (exact) mass is 436 g/mol. The molecule has 2 heterocycles. The highest BCUT2D eigenvalue weighted by atomic mass is 16.5. The van der Waals surface area contributed by atoms with Crippen LogP contribution < -0.4 is 14.8 Å². The lowest BCUT2D eigenvalue weighted by Crippen LogP contribution is -2.23. The predicted molar refractivity (Wildman–Crippen MR) is 117 cm³/mol. The van der Waals surface area contributed by atoms with E-state index in [0.717, 1.165) is 54.3 Å². The van der Waals surface area contributed by atoms with Gasteiger partial charge in [-0.1, -0.05) is 24.6 Å². The summed E-state index contributed by atoms with van der Waals surface area (Å²) in [5, 5.41) is 3.23. The number of esters is 1. The summed E-state index contributed by atoms with van der Waals surface area (Å²) in [7, 11) is 2.88. The average molecular weight is 436 g/mol. The van der Waals surface area contributed by atoms with Crippen LogP contribution in [0.3, 0.4) is 0 Å². The van der Waals surface area contributed by atoms with Crippen molar-refractivity contribution in [3.63, 3.8) is 0 Å². The number of nitrogens with one attached hydrogen (secondary N) is 1. The van der Waals surface area contributed by atoms with Gasteiger partial charge in [0.1, 0.15) is 0 Å². The average Bonchev–Trinajstić information content (AvgIpc) is 3.05. The first kappa shape index (κ1) is 21.5. The van der Waals surface area contributed by atoms with Gasteiger partial charge in [0, 0.05) is 11.1 Å². The summed E-state index contributed by atoms with van der Waals surface area (Å²) in [6.07, 6.45) is 4.72. The second-order valence-electron chi connectivity index (χ2n) is 7.39. The topological polar surface area (TPSA) is 113 Å². The Kier molecular flexibility index (Phi) is 6.44. The zero-order chi connectivity index (χ0) is 22.5. The molecular weight excluding hydrogens is 412 g/mol. The zero-order valence-electron chi connectivity index (χ0n) is 18.0. The molecule has 0 saturated heterocycles. The third-order valence-electron chi connectivity index (χ3n) is 5.31. The van der Waals surface area contributed by atoms with Crippen LogP contribution >= 0.6 is 0 Å². The number of anilines is 1. The van der Waals surface area contributed by atoms with Crippen molar-refractivity contribution in [2.24, 2.45) is 0 Å². The number of rotatable bonds is 6. The number of methoxy groups -OCH3 is 2. The number of fused-ring (bicyclic) bond motifs is 2. The Morgan fingerprint density at radius 3 is 2.44 bits per heavy atom. The number of para-hydroxylation sites is 1. The van der Waals surface area contributed by atoms with Crippen molar-refractivity contribution < 1.29 is 23.8 Å². The van der Waals surface area contributed by atoms with Gasteiger partial charge in [0.15, 0.2) is 6.61 Å². The third-order valence-corrected chi connectivity index (χ3v) is 5.31. The summed E-state index contributed by atoms with van der Waals surface area (Å²) >= 11 is 0. The van der Waals surface area contributed by atoms with Gasteiger partial charge in [0.25, 0.3) is 5.91 Å². The molecule has 9 nitrogen and oxygen atoms in total. The maximum atomic E-state index is 13.1. The molecule has 0 radical (unpaired) electrons. The number of hydrogen-bond acceptors (Lipinski definition) is 8. The Morgan fingerprint density at radius 2 is 1.69 bits per heavy atom. The zero-order valence-corrected chi connectivity index (χ0v) is 18.0. The molecule has 9 heteroatoms. The molecule has 1 amide bonds. The van der Waals surface area contributed by atoms with Crippen LogP contribution in [0.1, 0.15) is 40.9 Å². The van der Waals surface area contributed by atoms with Gasteiger partial charge < -0.3 is 14.2 Å². The highest BCUT2D eigenvalue weighted by Gasteiger charge is 2.23. The van der Waals surface area contributed by atoms with Crippen molar-refractivity contribution in [1.29, 1.82) is 0 Å². The fourth-order valence-corrected chi connectivity index (χ4v) is 3.82. The molecule has 1 aliphatic carbocycles. The molecule has 0 atom stereocenters. The first-order valence-corrected chi connectivity index (χ1v) is 10.4. The van der Waals surface area contributed by atoms with Crippen molar-refractivity contribution in [3.8, 4) is 11.8 Å². The van der Waals surface area contributed by atoms with E-state index in [4.69, 9.17) is 19.2 Å². The van der Waals surface area contributed by atoms with E-state index >= 15 is 0 Å². The van der Waals surface area contributed by atoms with Gasteiger partial charge in [-0.2, -0.15) is 9.97 Å². The molecular formula is C23H24N4O5. The third kappa shape index (κ3) is 4.61. The van der Waals surface area contributed by atoms with Crippen LogP contribution in [-0.4, -0.2) is 47.7 Å². The number of ether oxygens (including phenoxy) is 3. The van der Waals surface area contributed by atoms with Crippen LogP contribution in [0.4, 0.5) is 5.95 Å². The number of benzene rings is 1. The normalized spacial score (nSPS) is 13.1. The molecule has 2 aromatic heterocycles. The fraction of sp³-hybridized carbons (Fsp3) is 0.348. The molecule has 0 aliphatic heterocycles. The number of amides is 1. The van der Waals surface area contributed by atoms with E-state index in [1.807, 2.05) is 24.3 Å². The Hall–Kier alpha value is -3.75. The van der Waals surface area contributed by atoms with Gasteiger partial charge in [0.2, 0.25) is 17.7 Å². The van der Waals surface area contributed by atoms with Crippen molar-refractivity contribution in [2.75, 3.05) is 26.1 Å². The summed E-state index contributed by atoms with van der Waals surface area (Å²) in [6, 6.07) is 8.99. The smallest absolute Gasteiger partial charge is 0.339 e. The van der Waals surface area contributed by atoms with E-state index in [0.29, 0.717) is 5.56 Å². The first-order chi connectivity index (χ1) is 15.6. The molecule has 3 aromatic rings. The number of pyridine rings is 1. The Balaban J connectivity index is 1.53. The number of nitrogens with zero attached hydrogens (tertiary/aromatic N) is 3. The predicted octanol–water partition coefficient (Wildman–Crippen LogP) is 3.11. The quantitative estimate of drug-likeness (QED) is 0.463. The van der Waals surface area contributed by atoms with E-state index in [-0.39, 0.29) is 17.7 Å². The summed E-state index contributed by atoms with van der Waals surface area (Å²) in [6.45, 7) is -0.479. The fourth-order valence-electron chi connectivity index (χ4n) is 3.82. The van der Waals surface area contributed by atoms with Crippen molar-refractivity contribution in [3.05, 3.63) is 47.2 Å². The van der Waals surface area contributed by atoms with Crippen LogP contribution in [0.5, 0.6) is 11.8 Å². The maximum absolute atomic E-state index is 13.1. The van der Waals surface area contributed by atoms with Crippen molar-refractivity contribution in [2.45, 2.75) is 32.1 Å². The molecule has 32 heavy (non-hydrogen) atoms. The van der Waals surface area contributed by atoms with Gasteiger partial charge in [-0.3, -0.25) is 15.1 Å². The van der Waals surface area contributed by atoms with Crippen LogP contribution in [0, 0.1) is 0 Å². The van der Waals surface area contributed by atoms with Crippen molar-refractivity contribution >= 4 is 28.7 Å². The van der Waals surface area contributed by atoms with Gasteiger partial charge in [-0.25, -0.2) is 4.79 Å².